The molecule has 132 valence electrons. The Morgan fingerprint density at radius 3 is 2.42 bits per heavy atom. The third kappa shape index (κ3) is 4.48. The van der Waals surface area contributed by atoms with Gasteiger partial charge >= 0.3 is 0 Å². The number of carbonyl (C=O) groups excluding carboxylic acids is 1. The second-order valence-corrected chi connectivity index (χ2v) is 6.32. The van der Waals surface area contributed by atoms with Gasteiger partial charge in [0.15, 0.2) is 0 Å². The Morgan fingerprint density at radius 1 is 1.00 bits per heavy atom. The maximum atomic E-state index is 12.3. The lowest BCUT2D eigenvalue weighted by Crippen LogP contribution is -2.24. The summed E-state index contributed by atoms with van der Waals surface area (Å²) < 4.78 is 0. The van der Waals surface area contributed by atoms with E-state index >= 15 is 0 Å². The molecule has 0 saturated carbocycles. The van der Waals surface area contributed by atoms with Gasteiger partial charge in [-0.1, -0.05) is 54.6 Å². The quantitative estimate of drug-likeness (QED) is 0.692. The van der Waals surface area contributed by atoms with Crippen LogP contribution >= 0.6 is 0 Å². The van der Waals surface area contributed by atoms with Crippen LogP contribution < -0.4 is 10.6 Å². The van der Waals surface area contributed by atoms with Gasteiger partial charge in [-0.2, -0.15) is 0 Å². The van der Waals surface area contributed by atoms with Gasteiger partial charge in [0.2, 0.25) is 0 Å². The SMILES string of the molecule is Cc1ccccc1CNC(=O)c1ccc(NC(C)c2ccccc2)cn1. The van der Waals surface area contributed by atoms with E-state index < -0.39 is 0 Å². The molecule has 3 rings (SSSR count). The average Bonchev–Trinajstić information content (AvgIpc) is 2.68. The highest BCUT2D eigenvalue weighted by Gasteiger charge is 2.09. The summed E-state index contributed by atoms with van der Waals surface area (Å²) in [5.41, 5.74) is 4.77. The van der Waals surface area contributed by atoms with Gasteiger partial charge in [0.1, 0.15) is 5.69 Å². The fourth-order valence-corrected chi connectivity index (χ4v) is 2.76. The Hall–Kier alpha value is -3.14. The molecule has 2 N–H and O–H groups in total. The standard InChI is InChI=1S/C22H23N3O/c1-16-8-6-7-11-19(16)14-24-22(26)21-13-12-20(15-23-21)25-17(2)18-9-4-3-5-10-18/h3-13,15,17,25H,14H2,1-2H3,(H,24,26). The van der Waals surface area contributed by atoms with Crippen molar-refractivity contribution in [2.75, 3.05) is 5.32 Å². The molecule has 2 aromatic carbocycles. The number of hydrogen-bond donors (Lipinski definition) is 2. The summed E-state index contributed by atoms with van der Waals surface area (Å²) in [5.74, 6) is -0.170. The van der Waals surface area contributed by atoms with Crippen LogP contribution in [0.5, 0.6) is 0 Å². The minimum Gasteiger partial charge on any atom is -0.377 e. The third-order valence-electron chi connectivity index (χ3n) is 4.38. The van der Waals surface area contributed by atoms with Crippen molar-refractivity contribution in [1.82, 2.24) is 10.3 Å². The van der Waals surface area contributed by atoms with Crippen LogP contribution in [-0.4, -0.2) is 10.9 Å². The second-order valence-electron chi connectivity index (χ2n) is 6.32. The van der Waals surface area contributed by atoms with Gasteiger partial charge in [-0.15, -0.1) is 0 Å². The molecule has 1 heterocycles. The molecule has 0 radical (unpaired) electrons. The van der Waals surface area contributed by atoms with Gasteiger partial charge in [0.25, 0.3) is 5.91 Å². The van der Waals surface area contributed by atoms with E-state index in [0.29, 0.717) is 12.2 Å². The molecule has 26 heavy (non-hydrogen) atoms. The number of benzene rings is 2. The highest BCUT2D eigenvalue weighted by atomic mass is 16.1. The van der Waals surface area contributed by atoms with Crippen molar-refractivity contribution < 1.29 is 4.79 Å². The number of nitrogens with zero attached hydrogens (tertiary/aromatic N) is 1. The number of aryl methyl sites for hydroxylation is 1. The van der Waals surface area contributed by atoms with Crippen molar-refractivity contribution in [1.29, 1.82) is 0 Å². The predicted molar refractivity (Wildman–Crippen MR) is 105 cm³/mol. The Morgan fingerprint density at radius 2 is 1.73 bits per heavy atom. The molecule has 0 aliphatic rings. The summed E-state index contributed by atoms with van der Waals surface area (Å²) in [6.07, 6.45) is 1.70. The van der Waals surface area contributed by atoms with Crippen LogP contribution in [0.1, 0.15) is 40.1 Å². The Kier molecular flexibility index (Phi) is 5.64. The molecular weight excluding hydrogens is 322 g/mol. The fourth-order valence-electron chi connectivity index (χ4n) is 2.76. The molecule has 0 fully saturated rings. The highest BCUT2D eigenvalue weighted by molar-refractivity contribution is 5.92. The molecule has 0 spiro atoms. The van der Waals surface area contributed by atoms with Gasteiger partial charge in [-0.25, -0.2) is 4.98 Å². The van der Waals surface area contributed by atoms with Crippen LogP contribution in [0.2, 0.25) is 0 Å². The average molecular weight is 345 g/mol. The van der Waals surface area contributed by atoms with Crippen LogP contribution in [0.4, 0.5) is 5.69 Å². The van der Waals surface area contributed by atoms with Crippen molar-refractivity contribution in [2.24, 2.45) is 0 Å². The number of hydrogen-bond acceptors (Lipinski definition) is 3. The number of amides is 1. The molecule has 0 bridgehead atoms. The molecule has 0 aliphatic heterocycles. The maximum Gasteiger partial charge on any atom is 0.270 e. The van der Waals surface area contributed by atoms with Crippen LogP contribution in [-0.2, 0) is 6.54 Å². The van der Waals surface area contributed by atoms with E-state index in [0.717, 1.165) is 16.8 Å². The number of anilines is 1. The molecule has 4 nitrogen and oxygen atoms in total. The lowest BCUT2D eigenvalue weighted by atomic mass is 10.1. The van der Waals surface area contributed by atoms with Crippen molar-refractivity contribution in [2.45, 2.75) is 26.4 Å². The first-order chi connectivity index (χ1) is 12.6. The van der Waals surface area contributed by atoms with Gasteiger partial charge in [0.05, 0.1) is 11.9 Å². The summed E-state index contributed by atoms with van der Waals surface area (Å²) in [7, 11) is 0. The summed E-state index contributed by atoms with van der Waals surface area (Å²) in [5, 5.41) is 6.32. The van der Waals surface area contributed by atoms with E-state index in [1.54, 1.807) is 12.3 Å². The van der Waals surface area contributed by atoms with Gasteiger partial charge < -0.3 is 10.6 Å². The van der Waals surface area contributed by atoms with E-state index in [2.05, 4.69) is 34.7 Å². The minimum atomic E-state index is -0.170. The first kappa shape index (κ1) is 17.7. The van der Waals surface area contributed by atoms with Crippen LogP contribution in [0.3, 0.4) is 0 Å². The normalized spacial score (nSPS) is 11.6. The second kappa shape index (κ2) is 8.30. The van der Waals surface area contributed by atoms with E-state index in [4.69, 9.17) is 0 Å². The maximum absolute atomic E-state index is 12.3. The Labute approximate surface area is 154 Å². The zero-order chi connectivity index (χ0) is 18.4. The predicted octanol–water partition coefficient (Wildman–Crippen LogP) is 4.49. The molecule has 4 heteroatoms. The van der Waals surface area contributed by atoms with Crippen molar-refractivity contribution in [3.8, 4) is 0 Å². The molecule has 1 atom stereocenters. The number of carbonyl (C=O) groups is 1. The molecule has 1 aromatic heterocycles. The number of rotatable bonds is 6. The number of nitrogens with one attached hydrogen (secondary N) is 2. The molecule has 3 aromatic rings. The number of aromatic nitrogens is 1. The molecule has 1 amide bonds. The Bertz CT molecular complexity index is 860. The molecular formula is C22H23N3O. The van der Waals surface area contributed by atoms with Crippen LogP contribution in [0.15, 0.2) is 72.9 Å². The summed E-state index contributed by atoms with van der Waals surface area (Å²) in [6.45, 7) is 4.63. The molecule has 0 aliphatic carbocycles. The van der Waals surface area contributed by atoms with Gasteiger partial charge in [-0.3, -0.25) is 4.79 Å². The minimum absolute atomic E-state index is 0.165. The van der Waals surface area contributed by atoms with Crippen LogP contribution in [0, 0.1) is 6.92 Å². The zero-order valence-electron chi connectivity index (χ0n) is 15.1. The zero-order valence-corrected chi connectivity index (χ0v) is 15.1. The number of pyridine rings is 1. The van der Waals surface area contributed by atoms with E-state index in [-0.39, 0.29) is 11.9 Å². The Balaban J connectivity index is 1.58. The van der Waals surface area contributed by atoms with Crippen molar-refractivity contribution in [3.05, 3.63) is 95.3 Å². The summed E-state index contributed by atoms with van der Waals surface area (Å²) in [4.78, 5) is 16.6. The molecule has 1 unspecified atom stereocenters. The van der Waals surface area contributed by atoms with E-state index in [9.17, 15) is 4.79 Å². The smallest absolute Gasteiger partial charge is 0.270 e. The third-order valence-corrected chi connectivity index (χ3v) is 4.38. The lowest BCUT2D eigenvalue weighted by molar-refractivity contribution is 0.0946. The van der Waals surface area contributed by atoms with E-state index in [1.807, 2.05) is 55.5 Å². The van der Waals surface area contributed by atoms with Crippen LogP contribution in [0.25, 0.3) is 0 Å². The first-order valence-electron chi connectivity index (χ1n) is 8.74. The fraction of sp³-hybridized carbons (Fsp3) is 0.182. The first-order valence-corrected chi connectivity index (χ1v) is 8.74. The largest absolute Gasteiger partial charge is 0.377 e. The topological polar surface area (TPSA) is 54.0 Å². The van der Waals surface area contributed by atoms with Crippen molar-refractivity contribution >= 4 is 11.6 Å². The monoisotopic (exact) mass is 345 g/mol. The highest BCUT2D eigenvalue weighted by Crippen LogP contribution is 2.18. The lowest BCUT2D eigenvalue weighted by Gasteiger charge is -2.15. The molecule has 0 saturated heterocycles. The summed E-state index contributed by atoms with van der Waals surface area (Å²) >= 11 is 0. The summed E-state index contributed by atoms with van der Waals surface area (Å²) in [6, 6.07) is 22.0. The van der Waals surface area contributed by atoms with Gasteiger partial charge in [-0.05, 0) is 42.7 Å². The van der Waals surface area contributed by atoms with Crippen molar-refractivity contribution in [3.63, 3.8) is 0 Å². The van der Waals surface area contributed by atoms with Gasteiger partial charge in [0, 0.05) is 12.6 Å². The van der Waals surface area contributed by atoms with E-state index in [1.165, 1.54) is 5.56 Å².